The maximum absolute atomic E-state index is 14.7. The van der Waals surface area contributed by atoms with E-state index in [1.165, 1.54) is 36.4 Å². The molecule has 2 aromatic carbocycles. The largest absolute Gasteiger partial charge is 0.478 e. The van der Waals surface area contributed by atoms with Crippen LogP contribution < -0.4 is 4.53 Å². The molecule has 0 fully saturated rings. The molecule has 0 amide bonds. The highest BCUT2D eigenvalue weighted by Crippen LogP contribution is 2.29. The molecule has 0 radical (unpaired) electrons. The van der Waals surface area contributed by atoms with Crippen LogP contribution in [0.25, 0.3) is 0 Å². The quantitative estimate of drug-likeness (QED) is 0.751. The Kier molecular flexibility index (Phi) is 5.79. The number of anilines is 1. The van der Waals surface area contributed by atoms with E-state index in [4.69, 9.17) is 0 Å². The number of hydrogen-bond donors (Lipinski definition) is 1. The summed E-state index contributed by atoms with van der Waals surface area (Å²) in [6.45, 7) is 4.04. The molecule has 2 aromatic rings. The molecular weight excluding hydrogens is 345 g/mol. The second-order valence-electron chi connectivity index (χ2n) is 5.91. The maximum atomic E-state index is 14.7. The third-order valence-corrected chi connectivity index (χ3v) is 5.50. The molecule has 1 N–H and O–H groups in total. The molecule has 1 atom stereocenters. The summed E-state index contributed by atoms with van der Waals surface area (Å²) in [4.78, 5) is 11.3. The van der Waals surface area contributed by atoms with Crippen molar-refractivity contribution in [2.75, 3.05) is 4.53 Å². The number of nitrogens with zero attached hydrogens (tertiary/aromatic N) is 1. The number of rotatable bonds is 7. The van der Waals surface area contributed by atoms with Gasteiger partial charge in [-0.05, 0) is 42.2 Å². The summed E-state index contributed by atoms with van der Waals surface area (Å²) in [5.74, 6) is -1.05. The molecule has 25 heavy (non-hydrogen) atoms. The highest BCUT2D eigenvalue weighted by atomic mass is 32.2. The molecule has 0 aliphatic carbocycles. The Balaban J connectivity index is 2.46. The number of halogens is 1. The van der Waals surface area contributed by atoms with Crippen molar-refractivity contribution < 1.29 is 22.8 Å². The van der Waals surface area contributed by atoms with Gasteiger partial charge in [0.15, 0.2) is 0 Å². The summed E-state index contributed by atoms with van der Waals surface area (Å²) in [6.07, 6.45) is 1.55. The first-order valence-electron chi connectivity index (χ1n) is 7.89. The van der Waals surface area contributed by atoms with Gasteiger partial charge < -0.3 is 5.11 Å². The Bertz CT molecular complexity index is 853. The van der Waals surface area contributed by atoms with E-state index in [1.807, 2.05) is 13.8 Å². The van der Waals surface area contributed by atoms with Crippen LogP contribution in [-0.4, -0.2) is 19.5 Å². The van der Waals surface area contributed by atoms with Crippen LogP contribution in [0.5, 0.6) is 0 Å². The molecule has 0 aliphatic rings. The minimum Gasteiger partial charge on any atom is -0.478 e. The van der Waals surface area contributed by atoms with Crippen molar-refractivity contribution in [3.8, 4) is 0 Å². The van der Waals surface area contributed by atoms with Gasteiger partial charge in [0.25, 0.3) is 10.0 Å². The Morgan fingerprint density at radius 1 is 1.20 bits per heavy atom. The van der Waals surface area contributed by atoms with Crippen molar-refractivity contribution in [1.29, 1.82) is 0 Å². The van der Waals surface area contributed by atoms with Gasteiger partial charge in [0.05, 0.1) is 10.5 Å². The lowest BCUT2D eigenvalue weighted by molar-refractivity contribution is 0.0697. The number of benzene rings is 2. The summed E-state index contributed by atoms with van der Waals surface area (Å²) >= 11 is 0. The second-order valence-corrected chi connectivity index (χ2v) is 7.65. The van der Waals surface area contributed by atoms with Gasteiger partial charge in [0.1, 0.15) is 5.69 Å². The summed E-state index contributed by atoms with van der Waals surface area (Å²) in [7, 11) is -4.49. The Morgan fingerprint density at radius 2 is 1.84 bits per heavy atom. The number of sulfonamides is 1. The lowest BCUT2D eigenvalue weighted by atomic mass is 9.97. The van der Waals surface area contributed by atoms with Crippen LogP contribution in [0, 0.1) is 5.92 Å². The van der Waals surface area contributed by atoms with Crippen molar-refractivity contribution in [3.05, 3.63) is 59.7 Å². The normalized spacial score (nSPS) is 12.6. The van der Waals surface area contributed by atoms with Crippen LogP contribution in [0.15, 0.2) is 53.4 Å². The third-order valence-electron chi connectivity index (χ3n) is 4.01. The Hall–Kier alpha value is -2.41. The van der Waals surface area contributed by atoms with Gasteiger partial charge in [-0.3, -0.25) is 0 Å². The van der Waals surface area contributed by atoms with Crippen molar-refractivity contribution in [2.45, 2.75) is 31.6 Å². The molecule has 0 saturated carbocycles. The number of hydrogen-bond acceptors (Lipinski definition) is 3. The lowest BCUT2D eigenvalue weighted by Crippen LogP contribution is -2.24. The number of aromatic carboxylic acids is 1. The first-order valence-corrected chi connectivity index (χ1v) is 9.33. The van der Waals surface area contributed by atoms with Crippen LogP contribution in [-0.2, 0) is 16.4 Å². The van der Waals surface area contributed by atoms with E-state index < -0.39 is 26.2 Å². The zero-order valence-electron chi connectivity index (χ0n) is 14.0. The maximum Gasteiger partial charge on any atom is 0.337 e. The van der Waals surface area contributed by atoms with Gasteiger partial charge in [0.2, 0.25) is 0 Å². The van der Waals surface area contributed by atoms with Crippen molar-refractivity contribution in [3.63, 3.8) is 0 Å². The smallest absolute Gasteiger partial charge is 0.337 e. The van der Waals surface area contributed by atoms with Crippen LogP contribution in [0.3, 0.4) is 0 Å². The van der Waals surface area contributed by atoms with Crippen LogP contribution in [0.1, 0.15) is 36.2 Å². The molecule has 0 aliphatic heterocycles. The fraction of sp³-hybridized carbons (Fsp3) is 0.278. The molecule has 5 nitrogen and oxygen atoms in total. The first-order chi connectivity index (χ1) is 11.8. The summed E-state index contributed by atoms with van der Waals surface area (Å²) in [5, 5.41) is 9.38. The third kappa shape index (κ3) is 4.17. The average molecular weight is 365 g/mol. The standard InChI is InChI=1S/C18H20FNO4S/c1-3-13(2)11-14-9-10-17(16(12-14)18(21)22)20(19)25(23,24)15-7-5-4-6-8-15/h4-10,12-13H,3,11H2,1-2H3,(H,21,22). The van der Waals surface area contributed by atoms with Crippen LogP contribution in [0.4, 0.5) is 10.2 Å². The number of carbonyl (C=O) groups is 1. The predicted molar refractivity (Wildman–Crippen MR) is 93.8 cm³/mol. The zero-order chi connectivity index (χ0) is 18.6. The molecule has 1 unspecified atom stereocenters. The monoisotopic (exact) mass is 365 g/mol. The molecule has 0 bridgehead atoms. The molecule has 0 spiro atoms. The average Bonchev–Trinajstić information content (AvgIpc) is 2.61. The fourth-order valence-corrected chi connectivity index (χ4v) is 3.50. The number of carboxylic acid groups (broad SMARTS) is 1. The fourth-order valence-electron chi connectivity index (χ4n) is 2.40. The van der Waals surface area contributed by atoms with Gasteiger partial charge in [-0.25, -0.2) is 4.79 Å². The van der Waals surface area contributed by atoms with E-state index >= 15 is 0 Å². The second kappa shape index (κ2) is 7.65. The summed E-state index contributed by atoms with van der Waals surface area (Å²) < 4.78 is 38.9. The summed E-state index contributed by atoms with van der Waals surface area (Å²) in [5.41, 5.74) is -0.173. The lowest BCUT2D eigenvalue weighted by Gasteiger charge is -2.17. The molecule has 7 heteroatoms. The summed E-state index contributed by atoms with van der Waals surface area (Å²) in [6, 6.07) is 11.1. The highest BCUT2D eigenvalue weighted by Gasteiger charge is 2.29. The van der Waals surface area contributed by atoms with Gasteiger partial charge >= 0.3 is 5.97 Å². The molecule has 2 rings (SSSR count). The molecule has 0 aromatic heterocycles. The van der Waals surface area contributed by atoms with E-state index in [0.29, 0.717) is 12.3 Å². The van der Waals surface area contributed by atoms with E-state index in [1.54, 1.807) is 12.1 Å². The van der Waals surface area contributed by atoms with Crippen molar-refractivity contribution in [1.82, 2.24) is 0 Å². The van der Waals surface area contributed by atoms with E-state index in [2.05, 4.69) is 0 Å². The number of carboxylic acids is 1. The minimum atomic E-state index is -4.49. The van der Waals surface area contributed by atoms with Gasteiger partial charge in [-0.2, -0.15) is 8.42 Å². The Labute approximate surface area is 146 Å². The van der Waals surface area contributed by atoms with E-state index in [-0.39, 0.29) is 10.5 Å². The van der Waals surface area contributed by atoms with Crippen LogP contribution >= 0.6 is 0 Å². The van der Waals surface area contributed by atoms with Gasteiger partial charge in [0, 0.05) is 0 Å². The van der Waals surface area contributed by atoms with E-state index in [9.17, 15) is 22.8 Å². The van der Waals surface area contributed by atoms with Crippen molar-refractivity contribution in [2.24, 2.45) is 5.92 Å². The van der Waals surface area contributed by atoms with Gasteiger partial charge in [-0.1, -0.05) is 53.5 Å². The molecule has 134 valence electrons. The molecular formula is C18H20FNO4S. The molecule has 0 saturated heterocycles. The van der Waals surface area contributed by atoms with Crippen LogP contribution in [0.2, 0.25) is 0 Å². The Morgan fingerprint density at radius 3 is 2.40 bits per heavy atom. The molecule has 0 heterocycles. The SMILES string of the molecule is CCC(C)Cc1ccc(N(F)S(=O)(=O)c2ccccc2)c(C(=O)O)c1. The van der Waals surface area contributed by atoms with Crippen molar-refractivity contribution >= 4 is 21.7 Å². The zero-order valence-corrected chi connectivity index (χ0v) is 14.8. The predicted octanol–water partition coefficient (Wildman–Crippen LogP) is 4.05. The van der Waals surface area contributed by atoms with Gasteiger partial charge in [-0.15, -0.1) is 0 Å². The topological polar surface area (TPSA) is 74.7 Å². The first kappa shape index (κ1) is 18.9. The minimum absolute atomic E-state index is 0.252. The highest BCUT2D eigenvalue weighted by molar-refractivity contribution is 7.92. The van der Waals surface area contributed by atoms with E-state index in [0.717, 1.165) is 12.0 Å².